The van der Waals surface area contributed by atoms with Crippen molar-refractivity contribution in [3.63, 3.8) is 0 Å². The first-order chi connectivity index (χ1) is 6.49. The summed E-state index contributed by atoms with van der Waals surface area (Å²) >= 11 is 0. The molecule has 0 saturated heterocycles. The molecule has 5 nitrogen and oxygen atoms in total. The molecule has 0 aromatic heterocycles. The summed E-state index contributed by atoms with van der Waals surface area (Å²) in [6, 6.07) is -0.341. The van der Waals surface area contributed by atoms with Crippen LogP contribution in [-0.4, -0.2) is 41.0 Å². The van der Waals surface area contributed by atoms with Gasteiger partial charge in [0.1, 0.15) is 0 Å². The molecule has 5 heteroatoms. The lowest BCUT2D eigenvalue weighted by Gasteiger charge is -2.30. The highest BCUT2D eigenvalue weighted by molar-refractivity contribution is 5.75. The van der Waals surface area contributed by atoms with Crippen molar-refractivity contribution < 1.29 is 15.0 Å². The Morgan fingerprint density at radius 2 is 1.86 bits per heavy atom. The van der Waals surface area contributed by atoms with E-state index in [2.05, 4.69) is 10.6 Å². The summed E-state index contributed by atoms with van der Waals surface area (Å²) in [7, 11) is 0. The number of urea groups is 1. The molecule has 84 valence electrons. The SMILES string of the molecule is CCC(CO)(CO)NC(=O)NC(C)C. The van der Waals surface area contributed by atoms with E-state index in [0.717, 1.165) is 0 Å². The Bertz CT molecular complexity index is 171. The van der Waals surface area contributed by atoms with Crippen LogP contribution in [-0.2, 0) is 0 Å². The zero-order chi connectivity index (χ0) is 11.2. The van der Waals surface area contributed by atoms with E-state index in [9.17, 15) is 4.79 Å². The van der Waals surface area contributed by atoms with E-state index in [0.29, 0.717) is 6.42 Å². The maximum atomic E-state index is 11.3. The Balaban J connectivity index is 4.22. The summed E-state index contributed by atoms with van der Waals surface area (Å²) in [6.45, 7) is 4.93. The van der Waals surface area contributed by atoms with Crippen LogP contribution >= 0.6 is 0 Å². The van der Waals surface area contributed by atoms with Crippen molar-refractivity contribution >= 4 is 6.03 Å². The van der Waals surface area contributed by atoms with E-state index in [1.807, 2.05) is 13.8 Å². The standard InChI is InChI=1S/C9H20N2O3/c1-4-9(5-12,6-13)11-8(14)10-7(2)3/h7,12-13H,4-6H2,1-3H3,(H2,10,11,14). The second-order valence-electron chi connectivity index (χ2n) is 3.70. The van der Waals surface area contributed by atoms with Crippen LogP contribution in [0.25, 0.3) is 0 Å². The fraction of sp³-hybridized carbons (Fsp3) is 0.889. The zero-order valence-corrected chi connectivity index (χ0v) is 9.00. The van der Waals surface area contributed by atoms with Crippen molar-refractivity contribution in [3.8, 4) is 0 Å². The lowest BCUT2D eigenvalue weighted by Crippen LogP contribution is -2.57. The van der Waals surface area contributed by atoms with Crippen LogP contribution in [0.3, 0.4) is 0 Å². The van der Waals surface area contributed by atoms with Gasteiger partial charge >= 0.3 is 6.03 Å². The molecule has 14 heavy (non-hydrogen) atoms. The maximum absolute atomic E-state index is 11.3. The number of hydrogen-bond acceptors (Lipinski definition) is 3. The molecule has 0 bridgehead atoms. The van der Waals surface area contributed by atoms with E-state index in [4.69, 9.17) is 10.2 Å². The second-order valence-corrected chi connectivity index (χ2v) is 3.70. The zero-order valence-electron chi connectivity index (χ0n) is 9.00. The largest absolute Gasteiger partial charge is 0.394 e. The maximum Gasteiger partial charge on any atom is 0.315 e. The molecule has 2 amide bonds. The van der Waals surface area contributed by atoms with Gasteiger partial charge in [-0.25, -0.2) is 4.79 Å². The van der Waals surface area contributed by atoms with Crippen LogP contribution in [0.2, 0.25) is 0 Å². The van der Waals surface area contributed by atoms with Crippen LogP contribution in [0.1, 0.15) is 27.2 Å². The van der Waals surface area contributed by atoms with E-state index in [1.165, 1.54) is 0 Å². The summed E-state index contributed by atoms with van der Waals surface area (Å²) in [4.78, 5) is 11.3. The summed E-state index contributed by atoms with van der Waals surface area (Å²) in [5, 5.41) is 23.3. The third kappa shape index (κ3) is 3.93. The lowest BCUT2D eigenvalue weighted by molar-refractivity contribution is 0.0932. The highest BCUT2D eigenvalue weighted by Gasteiger charge is 2.28. The van der Waals surface area contributed by atoms with Crippen LogP contribution in [0.4, 0.5) is 4.79 Å². The van der Waals surface area contributed by atoms with Gasteiger partial charge < -0.3 is 20.8 Å². The molecule has 0 aliphatic carbocycles. The Morgan fingerprint density at radius 3 is 2.14 bits per heavy atom. The minimum Gasteiger partial charge on any atom is -0.394 e. The van der Waals surface area contributed by atoms with Gasteiger partial charge in [0, 0.05) is 6.04 Å². The van der Waals surface area contributed by atoms with Crippen molar-refractivity contribution in [1.29, 1.82) is 0 Å². The predicted octanol–water partition coefficient (Wildman–Crippen LogP) is -0.173. The third-order valence-electron chi connectivity index (χ3n) is 2.08. The normalized spacial score (nSPS) is 11.6. The summed E-state index contributed by atoms with van der Waals surface area (Å²) in [5.41, 5.74) is -0.918. The molecule has 0 radical (unpaired) electrons. The number of carbonyl (C=O) groups excluding carboxylic acids is 1. The van der Waals surface area contributed by atoms with Gasteiger partial charge in [-0.05, 0) is 20.3 Å². The van der Waals surface area contributed by atoms with E-state index >= 15 is 0 Å². The van der Waals surface area contributed by atoms with Crippen molar-refractivity contribution in [3.05, 3.63) is 0 Å². The Labute approximate surface area is 84.5 Å². The molecule has 0 saturated carbocycles. The van der Waals surface area contributed by atoms with Gasteiger partial charge in [0.2, 0.25) is 0 Å². The molecule has 0 heterocycles. The number of hydrogen-bond donors (Lipinski definition) is 4. The monoisotopic (exact) mass is 204 g/mol. The van der Waals surface area contributed by atoms with Crippen molar-refractivity contribution in [2.75, 3.05) is 13.2 Å². The average Bonchev–Trinajstić information content (AvgIpc) is 2.13. The van der Waals surface area contributed by atoms with Crippen molar-refractivity contribution in [2.24, 2.45) is 0 Å². The quantitative estimate of drug-likeness (QED) is 0.502. The lowest BCUT2D eigenvalue weighted by atomic mass is 9.99. The van der Waals surface area contributed by atoms with E-state index < -0.39 is 5.54 Å². The summed E-state index contributed by atoms with van der Waals surface area (Å²) < 4.78 is 0. The fourth-order valence-electron chi connectivity index (χ4n) is 0.980. The fourth-order valence-corrected chi connectivity index (χ4v) is 0.980. The molecule has 4 N–H and O–H groups in total. The smallest absolute Gasteiger partial charge is 0.315 e. The Kier molecular flexibility index (Phi) is 5.49. The highest BCUT2D eigenvalue weighted by atomic mass is 16.3. The van der Waals surface area contributed by atoms with Gasteiger partial charge in [0.15, 0.2) is 0 Å². The molecule has 0 aromatic carbocycles. The summed E-state index contributed by atoms with van der Waals surface area (Å²) in [6.07, 6.45) is 0.478. The Hall–Kier alpha value is -0.810. The number of aliphatic hydroxyl groups excluding tert-OH is 2. The minimum absolute atomic E-state index is 0.0296. The van der Waals surface area contributed by atoms with Gasteiger partial charge in [-0.2, -0.15) is 0 Å². The predicted molar refractivity (Wildman–Crippen MR) is 54.0 cm³/mol. The third-order valence-corrected chi connectivity index (χ3v) is 2.08. The van der Waals surface area contributed by atoms with Crippen LogP contribution < -0.4 is 10.6 Å². The minimum atomic E-state index is -0.918. The average molecular weight is 204 g/mol. The molecule has 0 atom stereocenters. The second kappa shape index (κ2) is 5.82. The molecule has 0 fully saturated rings. The first-order valence-corrected chi connectivity index (χ1v) is 4.80. The molecule has 0 unspecified atom stereocenters. The highest BCUT2D eigenvalue weighted by Crippen LogP contribution is 2.07. The van der Waals surface area contributed by atoms with Crippen molar-refractivity contribution in [2.45, 2.75) is 38.8 Å². The topological polar surface area (TPSA) is 81.6 Å². The van der Waals surface area contributed by atoms with E-state index in [-0.39, 0.29) is 25.3 Å². The van der Waals surface area contributed by atoms with E-state index in [1.54, 1.807) is 6.92 Å². The van der Waals surface area contributed by atoms with Gasteiger partial charge in [0.25, 0.3) is 0 Å². The number of nitrogens with one attached hydrogen (secondary N) is 2. The molecular formula is C9H20N2O3. The van der Waals surface area contributed by atoms with Gasteiger partial charge in [-0.3, -0.25) is 0 Å². The van der Waals surface area contributed by atoms with Crippen LogP contribution in [0.15, 0.2) is 0 Å². The summed E-state index contributed by atoms with van der Waals surface area (Å²) in [5.74, 6) is 0. The van der Waals surface area contributed by atoms with Crippen molar-refractivity contribution in [1.82, 2.24) is 10.6 Å². The molecule has 0 spiro atoms. The van der Waals surface area contributed by atoms with Gasteiger partial charge in [-0.15, -0.1) is 0 Å². The first kappa shape index (κ1) is 13.2. The van der Waals surface area contributed by atoms with Crippen LogP contribution in [0, 0.1) is 0 Å². The van der Waals surface area contributed by atoms with Gasteiger partial charge in [-0.1, -0.05) is 6.92 Å². The number of carbonyl (C=O) groups is 1. The number of rotatable bonds is 5. The molecule has 0 rings (SSSR count). The molecule has 0 aromatic rings. The molecule has 0 aliphatic heterocycles. The van der Waals surface area contributed by atoms with Crippen LogP contribution in [0.5, 0.6) is 0 Å². The number of amides is 2. The number of aliphatic hydroxyl groups is 2. The van der Waals surface area contributed by atoms with Gasteiger partial charge in [0.05, 0.1) is 18.8 Å². The molecule has 0 aliphatic rings. The molecular weight excluding hydrogens is 184 g/mol. The first-order valence-electron chi connectivity index (χ1n) is 4.80. The Morgan fingerprint density at radius 1 is 1.36 bits per heavy atom.